The summed E-state index contributed by atoms with van der Waals surface area (Å²) < 4.78 is 0. The van der Waals surface area contributed by atoms with E-state index < -0.39 is 0 Å². The molecule has 0 aliphatic rings. The Hall–Kier alpha value is -0.530. The minimum atomic E-state index is 0.374. The third kappa shape index (κ3) is 3.50. The maximum Gasteiger partial charge on any atom is 0.0453 e. The molecule has 2 heteroatoms. The first-order valence-corrected chi connectivity index (χ1v) is 6.52. The van der Waals surface area contributed by atoms with Gasteiger partial charge in [-0.25, -0.2) is 0 Å². The van der Waals surface area contributed by atoms with E-state index >= 15 is 0 Å². The topological polar surface area (TPSA) is 12.0 Å². The molecule has 0 aliphatic carbocycles. The molecule has 0 saturated carbocycles. The van der Waals surface area contributed by atoms with Gasteiger partial charge in [0.15, 0.2) is 0 Å². The van der Waals surface area contributed by atoms with Gasteiger partial charge < -0.3 is 5.32 Å². The van der Waals surface area contributed by atoms with Gasteiger partial charge in [-0.3, -0.25) is 0 Å². The van der Waals surface area contributed by atoms with Crippen molar-refractivity contribution in [3.05, 3.63) is 34.9 Å². The molecule has 1 rings (SSSR count). The first-order valence-electron chi connectivity index (χ1n) is 6.14. The zero-order chi connectivity index (χ0) is 12.0. The standard InChI is InChI=1S/C14H22ClN/c1-4-11(5-2)10-14(16-3)12-8-6-7-9-13(12)15/h6-9,11,14,16H,4-5,10H2,1-3H3. The molecule has 90 valence electrons. The van der Waals surface area contributed by atoms with Crippen molar-refractivity contribution in [2.75, 3.05) is 7.05 Å². The van der Waals surface area contributed by atoms with Crippen LogP contribution in [-0.2, 0) is 0 Å². The van der Waals surface area contributed by atoms with E-state index in [1.807, 2.05) is 19.2 Å². The SMILES string of the molecule is CCC(CC)CC(NC)c1ccccc1Cl. The third-order valence-corrected chi connectivity index (χ3v) is 3.70. The van der Waals surface area contributed by atoms with Crippen molar-refractivity contribution >= 4 is 11.6 Å². The summed E-state index contributed by atoms with van der Waals surface area (Å²) >= 11 is 6.23. The summed E-state index contributed by atoms with van der Waals surface area (Å²) in [6.07, 6.45) is 3.63. The molecule has 0 aromatic heterocycles. The Bertz CT molecular complexity index is 307. The Morgan fingerprint density at radius 3 is 2.31 bits per heavy atom. The van der Waals surface area contributed by atoms with E-state index in [0.29, 0.717) is 6.04 Å². The van der Waals surface area contributed by atoms with Crippen LogP contribution in [-0.4, -0.2) is 7.05 Å². The maximum atomic E-state index is 6.23. The fourth-order valence-electron chi connectivity index (χ4n) is 2.11. The predicted molar refractivity (Wildman–Crippen MR) is 71.9 cm³/mol. The van der Waals surface area contributed by atoms with Gasteiger partial charge in [-0.05, 0) is 31.0 Å². The van der Waals surface area contributed by atoms with Gasteiger partial charge in [0.1, 0.15) is 0 Å². The van der Waals surface area contributed by atoms with Crippen molar-refractivity contribution in [1.82, 2.24) is 5.32 Å². The lowest BCUT2D eigenvalue weighted by atomic mass is 9.91. The first-order chi connectivity index (χ1) is 7.72. The van der Waals surface area contributed by atoms with Crippen LogP contribution in [0, 0.1) is 5.92 Å². The Morgan fingerprint density at radius 1 is 1.19 bits per heavy atom. The highest BCUT2D eigenvalue weighted by atomic mass is 35.5. The van der Waals surface area contributed by atoms with Gasteiger partial charge in [-0.2, -0.15) is 0 Å². The van der Waals surface area contributed by atoms with Crippen LogP contribution in [0.5, 0.6) is 0 Å². The molecule has 0 spiro atoms. The Kier molecular flexibility index (Phi) is 5.86. The van der Waals surface area contributed by atoms with E-state index in [0.717, 1.165) is 17.4 Å². The average molecular weight is 240 g/mol. The molecule has 1 N–H and O–H groups in total. The summed E-state index contributed by atoms with van der Waals surface area (Å²) in [5, 5.41) is 4.24. The number of benzene rings is 1. The Labute approximate surface area is 104 Å². The molecule has 0 amide bonds. The van der Waals surface area contributed by atoms with Crippen molar-refractivity contribution in [2.24, 2.45) is 5.92 Å². The molecule has 0 saturated heterocycles. The Morgan fingerprint density at radius 2 is 1.81 bits per heavy atom. The summed E-state index contributed by atoms with van der Waals surface area (Å²) in [7, 11) is 2.01. The van der Waals surface area contributed by atoms with Crippen molar-refractivity contribution in [3.8, 4) is 0 Å². The number of hydrogen-bond donors (Lipinski definition) is 1. The fourth-order valence-corrected chi connectivity index (χ4v) is 2.38. The van der Waals surface area contributed by atoms with E-state index in [1.165, 1.54) is 18.4 Å². The van der Waals surface area contributed by atoms with Gasteiger partial charge in [0.05, 0.1) is 0 Å². The quantitative estimate of drug-likeness (QED) is 0.775. The molecule has 0 bridgehead atoms. The molecular weight excluding hydrogens is 218 g/mol. The maximum absolute atomic E-state index is 6.23. The lowest BCUT2D eigenvalue weighted by molar-refractivity contribution is 0.385. The van der Waals surface area contributed by atoms with Gasteiger partial charge in [0, 0.05) is 11.1 Å². The van der Waals surface area contributed by atoms with Gasteiger partial charge in [-0.1, -0.05) is 56.5 Å². The highest BCUT2D eigenvalue weighted by Crippen LogP contribution is 2.29. The van der Waals surface area contributed by atoms with Crippen LogP contribution in [0.4, 0.5) is 0 Å². The Balaban J connectivity index is 2.78. The number of hydrogen-bond acceptors (Lipinski definition) is 1. The number of nitrogens with one attached hydrogen (secondary N) is 1. The fraction of sp³-hybridized carbons (Fsp3) is 0.571. The molecule has 0 fully saturated rings. The van der Waals surface area contributed by atoms with Gasteiger partial charge in [0.2, 0.25) is 0 Å². The summed E-state index contributed by atoms with van der Waals surface area (Å²) in [5.41, 5.74) is 1.22. The highest BCUT2D eigenvalue weighted by Gasteiger charge is 2.16. The van der Waals surface area contributed by atoms with Crippen molar-refractivity contribution in [1.29, 1.82) is 0 Å². The van der Waals surface area contributed by atoms with Crippen molar-refractivity contribution < 1.29 is 0 Å². The average Bonchev–Trinajstić information content (AvgIpc) is 2.32. The van der Waals surface area contributed by atoms with Crippen LogP contribution in [0.25, 0.3) is 0 Å². The second-order valence-electron chi connectivity index (χ2n) is 4.28. The summed E-state index contributed by atoms with van der Waals surface area (Å²) in [6, 6.07) is 8.49. The van der Waals surface area contributed by atoms with Crippen molar-refractivity contribution in [2.45, 2.75) is 39.2 Å². The van der Waals surface area contributed by atoms with Crippen LogP contribution in [0.2, 0.25) is 5.02 Å². The van der Waals surface area contributed by atoms with E-state index in [-0.39, 0.29) is 0 Å². The second kappa shape index (κ2) is 6.93. The van der Waals surface area contributed by atoms with Crippen LogP contribution in [0.1, 0.15) is 44.7 Å². The van der Waals surface area contributed by atoms with E-state index in [2.05, 4.69) is 31.3 Å². The molecule has 1 nitrogen and oxygen atoms in total. The molecule has 0 radical (unpaired) electrons. The lowest BCUT2D eigenvalue weighted by Crippen LogP contribution is -2.20. The molecular formula is C14H22ClN. The number of rotatable bonds is 6. The smallest absolute Gasteiger partial charge is 0.0453 e. The molecule has 0 aliphatic heterocycles. The van der Waals surface area contributed by atoms with E-state index in [9.17, 15) is 0 Å². The van der Waals surface area contributed by atoms with E-state index in [4.69, 9.17) is 11.6 Å². The molecule has 1 aromatic rings. The van der Waals surface area contributed by atoms with Crippen molar-refractivity contribution in [3.63, 3.8) is 0 Å². The molecule has 1 unspecified atom stereocenters. The van der Waals surface area contributed by atoms with Crippen LogP contribution in [0.3, 0.4) is 0 Å². The normalized spacial score (nSPS) is 13.1. The zero-order valence-electron chi connectivity index (χ0n) is 10.5. The van der Waals surface area contributed by atoms with Gasteiger partial charge >= 0.3 is 0 Å². The minimum Gasteiger partial charge on any atom is -0.313 e. The minimum absolute atomic E-state index is 0.374. The van der Waals surface area contributed by atoms with Gasteiger partial charge in [-0.15, -0.1) is 0 Å². The summed E-state index contributed by atoms with van der Waals surface area (Å²) in [5.74, 6) is 0.772. The second-order valence-corrected chi connectivity index (χ2v) is 4.69. The van der Waals surface area contributed by atoms with E-state index in [1.54, 1.807) is 0 Å². The molecule has 1 atom stereocenters. The lowest BCUT2D eigenvalue weighted by Gasteiger charge is -2.22. The predicted octanol–water partition coefficient (Wildman–Crippen LogP) is 4.43. The van der Waals surface area contributed by atoms with Crippen LogP contribution >= 0.6 is 11.6 Å². The highest BCUT2D eigenvalue weighted by molar-refractivity contribution is 6.31. The molecule has 0 heterocycles. The summed E-state index contributed by atoms with van der Waals surface area (Å²) in [6.45, 7) is 4.51. The van der Waals surface area contributed by atoms with Crippen LogP contribution < -0.4 is 5.32 Å². The number of halogens is 1. The largest absolute Gasteiger partial charge is 0.313 e. The zero-order valence-corrected chi connectivity index (χ0v) is 11.2. The molecule has 16 heavy (non-hydrogen) atoms. The van der Waals surface area contributed by atoms with Gasteiger partial charge in [0.25, 0.3) is 0 Å². The third-order valence-electron chi connectivity index (χ3n) is 3.35. The first kappa shape index (κ1) is 13.5. The van der Waals surface area contributed by atoms with Crippen LogP contribution in [0.15, 0.2) is 24.3 Å². The summed E-state index contributed by atoms with van der Waals surface area (Å²) in [4.78, 5) is 0. The monoisotopic (exact) mass is 239 g/mol. The molecule has 1 aromatic carbocycles.